The van der Waals surface area contributed by atoms with Crippen LogP contribution < -0.4 is 5.32 Å². The van der Waals surface area contributed by atoms with E-state index in [1.54, 1.807) is 11.9 Å². The Morgan fingerprint density at radius 1 is 1.19 bits per heavy atom. The van der Waals surface area contributed by atoms with E-state index >= 15 is 0 Å². The number of hydrogen-bond acceptors (Lipinski definition) is 6. The minimum atomic E-state index is -0.759. The van der Waals surface area contributed by atoms with E-state index in [0.29, 0.717) is 55.3 Å². The van der Waals surface area contributed by atoms with Crippen molar-refractivity contribution in [3.63, 3.8) is 0 Å². The lowest BCUT2D eigenvalue weighted by atomic mass is 9.84. The summed E-state index contributed by atoms with van der Waals surface area (Å²) in [5, 5.41) is 17.1. The quantitative estimate of drug-likeness (QED) is 0.272. The number of amides is 4. The van der Waals surface area contributed by atoms with Crippen LogP contribution in [0.3, 0.4) is 0 Å². The number of piperidine rings is 1. The summed E-state index contributed by atoms with van der Waals surface area (Å²) in [7, 11) is 1.77. The number of carbonyl (C=O) groups is 4. The molecule has 2 aliphatic rings. The van der Waals surface area contributed by atoms with Crippen LogP contribution in [0.1, 0.15) is 76.1 Å². The average molecular weight is 535 g/mol. The lowest BCUT2D eigenvalue weighted by Crippen LogP contribution is -2.58. The van der Waals surface area contributed by atoms with Crippen molar-refractivity contribution in [3.8, 4) is 0 Å². The van der Waals surface area contributed by atoms with Crippen LogP contribution in [-0.4, -0.2) is 83.0 Å². The Morgan fingerprint density at radius 3 is 2.38 bits per heavy atom. The maximum absolute atomic E-state index is 13.7. The largest absolute Gasteiger partial charge is 0.344 e. The van der Waals surface area contributed by atoms with Crippen LogP contribution in [0.4, 0.5) is 0 Å². The highest BCUT2D eigenvalue weighted by Crippen LogP contribution is 2.31. The molecule has 10 heteroatoms. The second-order valence-electron chi connectivity index (χ2n) is 11.6. The van der Waals surface area contributed by atoms with Gasteiger partial charge in [0.2, 0.25) is 18.2 Å². The number of nitrogens with zero attached hydrogens (tertiary/aromatic N) is 3. The van der Waals surface area contributed by atoms with Crippen LogP contribution in [0, 0.1) is 17.3 Å². The third-order valence-electron chi connectivity index (χ3n) is 7.81. The van der Waals surface area contributed by atoms with Gasteiger partial charge in [0.15, 0.2) is 0 Å². The maximum atomic E-state index is 13.7. The van der Waals surface area contributed by atoms with Gasteiger partial charge in [0, 0.05) is 31.6 Å². The summed E-state index contributed by atoms with van der Waals surface area (Å²) in [5.41, 5.74) is 0.157. The Morgan fingerprint density at radius 2 is 1.84 bits per heavy atom. The second kappa shape index (κ2) is 12.9. The minimum Gasteiger partial charge on any atom is -0.344 e. The SMILES string of the molecule is CN(C(=O)[C@@H](NC(=O)[C@H](CC1CCCC1)CN(O)C=O)C(C)(C)C)C1CCN(C(=O)c2ccsc2)CC1. The second-order valence-corrected chi connectivity index (χ2v) is 12.4. The third-order valence-corrected chi connectivity index (χ3v) is 8.49. The van der Waals surface area contributed by atoms with Gasteiger partial charge in [-0.15, -0.1) is 0 Å². The Bertz CT molecular complexity index is 918. The molecule has 1 aliphatic heterocycles. The molecule has 1 aliphatic carbocycles. The fourth-order valence-corrected chi connectivity index (χ4v) is 6.13. The molecular weight excluding hydrogens is 492 g/mol. The van der Waals surface area contributed by atoms with Gasteiger partial charge in [0.05, 0.1) is 18.0 Å². The van der Waals surface area contributed by atoms with Crippen molar-refractivity contribution in [2.45, 2.75) is 77.8 Å². The molecule has 2 atom stereocenters. The number of hydrogen-bond donors (Lipinski definition) is 2. The molecule has 4 amide bonds. The fraction of sp³-hybridized carbons (Fsp3) is 0.704. The number of likely N-dealkylation sites (N-methyl/N-ethyl adjacent to an activating group) is 1. The Kier molecular flexibility index (Phi) is 10.1. The van der Waals surface area contributed by atoms with Crippen LogP contribution in [0.5, 0.6) is 0 Å². The van der Waals surface area contributed by atoms with Crippen LogP contribution in [0.2, 0.25) is 0 Å². The molecule has 1 saturated heterocycles. The normalized spacial score (nSPS) is 18.8. The summed E-state index contributed by atoms with van der Waals surface area (Å²) in [6.07, 6.45) is 6.56. The molecule has 2 fully saturated rings. The predicted molar refractivity (Wildman–Crippen MR) is 142 cm³/mol. The zero-order valence-corrected chi connectivity index (χ0v) is 23.3. The summed E-state index contributed by atoms with van der Waals surface area (Å²) in [5.74, 6) is -0.670. The van der Waals surface area contributed by atoms with E-state index in [1.807, 2.05) is 42.5 Å². The molecule has 0 radical (unpaired) electrons. The number of likely N-dealkylation sites (tertiary alicyclic amines) is 1. The number of thiophene rings is 1. The molecule has 3 rings (SSSR count). The fourth-order valence-electron chi connectivity index (χ4n) is 5.50. The van der Waals surface area contributed by atoms with Crippen LogP contribution >= 0.6 is 11.3 Å². The monoisotopic (exact) mass is 534 g/mol. The van der Waals surface area contributed by atoms with Gasteiger partial charge in [-0.3, -0.25) is 24.4 Å². The highest BCUT2D eigenvalue weighted by atomic mass is 32.1. The zero-order valence-electron chi connectivity index (χ0n) is 22.5. The molecule has 206 valence electrons. The molecule has 0 bridgehead atoms. The van der Waals surface area contributed by atoms with Crippen LogP contribution in [-0.2, 0) is 14.4 Å². The third kappa shape index (κ3) is 7.77. The van der Waals surface area contributed by atoms with E-state index in [2.05, 4.69) is 5.32 Å². The highest BCUT2D eigenvalue weighted by Gasteiger charge is 2.39. The van der Waals surface area contributed by atoms with E-state index in [1.165, 1.54) is 11.3 Å². The Hall–Kier alpha value is -2.46. The minimum absolute atomic E-state index is 0.0232. The van der Waals surface area contributed by atoms with Gasteiger partial charge in [0.1, 0.15) is 6.04 Å². The topological polar surface area (TPSA) is 110 Å². The molecule has 2 N–H and O–H groups in total. The molecular formula is C27H42N4O5S. The first-order valence-electron chi connectivity index (χ1n) is 13.3. The van der Waals surface area contributed by atoms with Crippen molar-refractivity contribution in [3.05, 3.63) is 22.4 Å². The predicted octanol–water partition coefficient (Wildman–Crippen LogP) is 3.39. The molecule has 1 aromatic rings. The van der Waals surface area contributed by atoms with E-state index in [9.17, 15) is 24.4 Å². The Labute approximate surface area is 224 Å². The maximum Gasteiger partial charge on any atom is 0.254 e. The molecule has 37 heavy (non-hydrogen) atoms. The lowest BCUT2D eigenvalue weighted by molar-refractivity contribution is -0.156. The molecule has 0 unspecified atom stereocenters. The molecule has 1 aromatic heterocycles. The first kappa shape index (κ1) is 29.1. The van der Waals surface area contributed by atoms with Gasteiger partial charge >= 0.3 is 0 Å². The summed E-state index contributed by atoms with van der Waals surface area (Å²) in [4.78, 5) is 54.4. The molecule has 1 saturated carbocycles. The van der Waals surface area contributed by atoms with E-state index in [0.717, 1.165) is 25.7 Å². The van der Waals surface area contributed by atoms with Gasteiger partial charge < -0.3 is 15.1 Å². The first-order chi connectivity index (χ1) is 17.5. The number of rotatable bonds is 10. The van der Waals surface area contributed by atoms with Gasteiger partial charge in [0.25, 0.3) is 5.91 Å². The van der Waals surface area contributed by atoms with Gasteiger partial charge in [-0.05, 0) is 42.0 Å². The standard InChI is InChI=1S/C27H42N4O5S/c1-27(2,3)23(28-24(33)21(16-31(36)18-32)15-19-7-5-6-8-19)26(35)29(4)22-9-12-30(13-10-22)25(34)20-11-14-37-17-20/h11,14,17-19,21-23,36H,5-10,12-13,15-16H2,1-4H3,(H,28,33)/t21-,23-/m1/s1. The van der Waals surface area contributed by atoms with Crippen molar-refractivity contribution in [1.82, 2.24) is 20.2 Å². The first-order valence-corrected chi connectivity index (χ1v) is 14.2. The summed E-state index contributed by atoms with van der Waals surface area (Å²) < 4.78 is 0. The van der Waals surface area contributed by atoms with Gasteiger partial charge in [-0.2, -0.15) is 11.3 Å². The summed E-state index contributed by atoms with van der Waals surface area (Å²) >= 11 is 1.50. The molecule has 2 heterocycles. The highest BCUT2D eigenvalue weighted by molar-refractivity contribution is 7.08. The van der Waals surface area contributed by atoms with Crippen molar-refractivity contribution in [2.75, 3.05) is 26.7 Å². The lowest BCUT2D eigenvalue weighted by Gasteiger charge is -2.40. The van der Waals surface area contributed by atoms with Crippen molar-refractivity contribution >= 4 is 35.5 Å². The number of nitrogens with one attached hydrogen (secondary N) is 1. The zero-order chi connectivity index (χ0) is 27.2. The van der Waals surface area contributed by atoms with Gasteiger partial charge in [-0.25, -0.2) is 5.06 Å². The van der Waals surface area contributed by atoms with Gasteiger partial charge in [-0.1, -0.05) is 46.5 Å². The van der Waals surface area contributed by atoms with Crippen LogP contribution in [0.25, 0.3) is 0 Å². The molecule has 0 spiro atoms. The summed E-state index contributed by atoms with van der Waals surface area (Å²) in [6, 6.07) is 1.04. The van der Waals surface area contributed by atoms with E-state index in [4.69, 9.17) is 0 Å². The molecule has 0 aromatic carbocycles. The molecule has 9 nitrogen and oxygen atoms in total. The number of hydroxylamine groups is 2. The Balaban J connectivity index is 1.64. The van der Waals surface area contributed by atoms with Crippen molar-refractivity contribution in [1.29, 1.82) is 0 Å². The van der Waals surface area contributed by atoms with E-state index < -0.39 is 17.4 Å². The summed E-state index contributed by atoms with van der Waals surface area (Å²) in [6.45, 7) is 6.81. The number of carbonyl (C=O) groups excluding carboxylic acids is 4. The van der Waals surface area contributed by atoms with Crippen molar-refractivity contribution in [2.24, 2.45) is 17.3 Å². The van der Waals surface area contributed by atoms with Crippen LogP contribution in [0.15, 0.2) is 16.8 Å². The average Bonchev–Trinajstić information content (AvgIpc) is 3.59. The van der Waals surface area contributed by atoms with Crippen molar-refractivity contribution < 1.29 is 24.4 Å². The van der Waals surface area contributed by atoms with E-state index in [-0.39, 0.29) is 30.3 Å². The smallest absolute Gasteiger partial charge is 0.254 e.